The highest BCUT2D eigenvalue weighted by Gasteiger charge is 2.25. The second-order valence-electron chi connectivity index (χ2n) is 4.86. The molecule has 1 aromatic heterocycles. The Kier molecular flexibility index (Phi) is 2.25. The second-order valence-corrected chi connectivity index (χ2v) is 4.86. The van der Waals surface area contributed by atoms with Gasteiger partial charge in [0.25, 0.3) is 0 Å². The van der Waals surface area contributed by atoms with E-state index in [9.17, 15) is 5.11 Å². The van der Waals surface area contributed by atoms with Crippen LogP contribution in [0.5, 0.6) is 0 Å². The van der Waals surface area contributed by atoms with Gasteiger partial charge in [0.15, 0.2) is 0 Å². The van der Waals surface area contributed by atoms with E-state index in [0.717, 1.165) is 19.3 Å². The molecule has 0 aliphatic carbocycles. The molecule has 1 unspecified atom stereocenters. The topological polar surface area (TPSA) is 25.2 Å². The van der Waals surface area contributed by atoms with Crippen LogP contribution in [0.25, 0.3) is 10.9 Å². The van der Waals surface area contributed by atoms with Gasteiger partial charge in [0.1, 0.15) is 5.76 Å². The van der Waals surface area contributed by atoms with Gasteiger partial charge in [-0.3, -0.25) is 0 Å². The van der Waals surface area contributed by atoms with E-state index in [1.165, 1.54) is 22.2 Å². The van der Waals surface area contributed by atoms with Gasteiger partial charge < -0.3 is 9.67 Å². The summed E-state index contributed by atoms with van der Waals surface area (Å²) in [4.78, 5) is 0. The van der Waals surface area contributed by atoms with Gasteiger partial charge in [0, 0.05) is 16.6 Å². The van der Waals surface area contributed by atoms with E-state index in [1.807, 2.05) is 0 Å². The quantitative estimate of drug-likeness (QED) is 0.734. The minimum absolute atomic E-state index is 0.0531. The zero-order chi connectivity index (χ0) is 12.0. The first-order valence-electron chi connectivity index (χ1n) is 6.16. The summed E-state index contributed by atoms with van der Waals surface area (Å²) in [5, 5.41) is 11.1. The number of aryl methyl sites for hydroxylation is 1. The number of allylic oxidation sites excluding steroid dienone is 1. The van der Waals surface area contributed by atoms with Gasteiger partial charge >= 0.3 is 0 Å². The average Bonchev–Trinajstić information content (AvgIpc) is 2.64. The van der Waals surface area contributed by atoms with Crippen LogP contribution < -0.4 is 0 Å². The van der Waals surface area contributed by atoms with Gasteiger partial charge in [-0.1, -0.05) is 24.8 Å². The maximum absolute atomic E-state index is 9.78. The lowest BCUT2D eigenvalue weighted by atomic mass is 10.00. The highest BCUT2D eigenvalue weighted by Crippen LogP contribution is 2.37. The van der Waals surface area contributed by atoms with Crippen LogP contribution in [-0.4, -0.2) is 9.67 Å². The Balaban J connectivity index is 2.35. The summed E-state index contributed by atoms with van der Waals surface area (Å²) in [6, 6.07) is 8.47. The van der Waals surface area contributed by atoms with Crippen molar-refractivity contribution < 1.29 is 5.11 Å². The lowest BCUT2D eigenvalue weighted by molar-refractivity contribution is 0.303. The summed E-state index contributed by atoms with van der Waals surface area (Å²) in [5.74, 6) is 0.284. The molecule has 1 aliphatic heterocycles. The third-order valence-corrected chi connectivity index (χ3v) is 3.88. The molecule has 3 rings (SSSR count). The Morgan fingerprint density at radius 1 is 1.41 bits per heavy atom. The fourth-order valence-corrected chi connectivity index (χ4v) is 3.05. The smallest absolute Gasteiger partial charge is 0.108 e. The van der Waals surface area contributed by atoms with Crippen molar-refractivity contribution in [2.24, 2.45) is 0 Å². The van der Waals surface area contributed by atoms with Crippen LogP contribution in [-0.2, 0) is 6.42 Å². The Labute approximate surface area is 101 Å². The van der Waals surface area contributed by atoms with E-state index in [2.05, 4.69) is 42.3 Å². The number of aromatic nitrogens is 1. The van der Waals surface area contributed by atoms with Crippen molar-refractivity contribution in [1.29, 1.82) is 0 Å². The van der Waals surface area contributed by atoms with Crippen LogP contribution >= 0.6 is 0 Å². The molecule has 2 heteroatoms. The molecule has 1 N–H and O–H groups in total. The van der Waals surface area contributed by atoms with Crippen LogP contribution in [0.15, 0.2) is 36.6 Å². The minimum Gasteiger partial charge on any atom is -0.511 e. The number of aliphatic hydroxyl groups excluding tert-OH is 1. The van der Waals surface area contributed by atoms with Crippen molar-refractivity contribution in [3.63, 3.8) is 0 Å². The van der Waals surface area contributed by atoms with Crippen LogP contribution in [0.1, 0.15) is 30.1 Å². The standard InChI is InChI=1S/C15H17NO/c1-10-12-6-3-4-7-15(12)16-13(10)8-5-9-14(16)11(2)17/h3-4,6-7,14,17H,2,5,8-9H2,1H3. The molecule has 0 spiro atoms. The molecular weight excluding hydrogens is 210 g/mol. The normalized spacial score (nSPS) is 19.2. The predicted molar refractivity (Wildman–Crippen MR) is 70.4 cm³/mol. The minimum atomic E-state index is 0.0531. The number of hydrogen-bond donors (Lipinski definition) is 1. The molecule has 1 aromatic carbocycles. The lowest BCUT2D eigenvalue weighted by Gasteiger charge is -2.26. The average molecular weight is 227 g/mol. The molecule has 2 nitrogen and oxygen atoms in total. The van der Waals surface area contributed by atoms with E-state index >= 15 is 0 Å². The summed E-state index contributed by atoms with van der Waals surface area (Å²) in [7, 11) is 0. The number of para-hydroxylation sites is 1. The summed E-state index contributed by atoms with van der Waals surface area (Å²) < 4.78 is 2.27. The molecule has 1 atom stereocenters. The molecule has 0 fully saturated rings. The second kappa shape index (κ2) is 3.66. The molecule has 2 aromatic rings. The van der Waals surface area contributed by atoms with Crippen molar-refractivity contribution >= 4 is 10.9 Å². The zero-order valence-electron chi connectivity index (χ0n) is 10.1. The zero-order valence-corrected chi connectivity index (χ0v) is 10.1. The summed E-state index contributed by atoms with van der Waals surface area (Å²) >= 11 is 0. The van der Waals surface area contributed by atoms with Crippen molar-refractivity contribution in [3.05, 3.63) is 47.9 Å². The van der Waals surface area contributed by atoms with Gasteiger partial charge in [-0.05, 0) is 37.8 Å². The molecule has 0 saturated carbocycles. The van der Waals surface area contributed by atoms with Gasteiger partial charge in [-0.15, -0.1) is 0 Å². The molecule has 0 saturated heterocycles. The van der Waals surface area contributed by atoms with Crippen molar-refractivity contribution in [1.82, 2.24) is 4.57 Å². The highest BCUT2D eigenvalue weighted by atomic mass is 16.3. The predicted octanol–water partition coefficient (Wildman–Crippen LogP) is 3.90. The molecule has 0 bridgehead atoms. The van der Waals surface area contributed by atoms with Crippen molar-refractivity contribution in [2.75, 3.05) is 0 Å². The Morgan fingerprint density at radius 2 is 2.18 bits per heavy atom. The van der Waals surface area contributed by atoms with Gasteiger partial charge in [-0.2, -0.15) is 0 Å². The maximum Gasteiger partial charge on any atom is 0.108 e. The Bertz CT molecular complexity index is 594. The maximum atomic E-state index is 9.78. The number of hydrogen-bond acceptors (Lipinski definition) is 1. The van der Waals surface area contributed by atoms with Crippen LogP contribution in [0.4, 0.5) is 0 Å². The van der Waals surface area contributed by atoms with E-state index in [4.69, 9.17) is 0 Å². The number of benzene rings is 1. The molecule has 2 heterocycles. The SMILES string of the molecule is C=C(O)C1CCCc2c(C)c3ccccc3n21. The number of nitrogens with zero attached hydrogens (tertiary/aromatic N) is 1. The van der Waals surface area contributed by atoms with E-state index in [0.29, 0.717) is 0 Å². The fourth-order valence-electron chi connectivity index (χ4n) is 3.05. The Hall–Kier alpha value is -1.70. The number of rotatable bonds is 1. The summed E-state index contributed by atoms with van der Waals surface area (Å²) in [5.41, 5.74) is 3.93. The molecule has 0 amide bonds. The van der Waals surface area contributed by atoms with Gasteiger partial charge in [0.05, 0.1) is 6.04 Å². The third kappa shape index (κ3) is 1.40. The first-order valence-corrected chi connectivity index (χ1v) is 6.16. The molecule has 88 valence electrons. The molecule has 1 aliphatic rings. The first-order chi connectivity index (χ1) is 8.20. The van der Waals surface area contributed by atoms with E-state index < -0.39 is 0 Å². The number of aliphatic hydroxyl groups is 1. The summed E-state index contributed by atoms with van der Waals surface area (Å²) in [6.07, 6.45) is 3.21. The van der Waals surface area contributed by atoms with E-state index in [-0.39, 0.29) is 11.8 Å². The van der Waals surface area contributed by atoms with Crippen LogP contribution in [0, 0.1) is 6.92 Å². The van der Waals surface area contributed by atoms with Gasteiger partial charge in [0.2, 0.25) is 0 Å². The van der Waals surface area contributed by atoms with Gasteiger partial charge in [-0.25, -0.2) is 0 Å². The van der Waals surface area contributed by atoms with Crippen molar-refractivity contribution in [3.8, 4) is 0 Å². The molecule has 0 radical (unpaired) electrons. The third-order valence-electron chi connectivity index (χ3n) is 3.88. The number of fused-ring (bicyclic) bond motifs is 3. The fraction of sp³-hybridized carbons (Fsp3) is 0.333. The molecule has 17 heavy (non-hydrogen) atoms. The van der Waals surface area contributed by atoms with Crippen LogP contribution in [0.2, 0.25) is 0 Å². The lowest BCUT2D eigenvalue weighted by Crippen LogP contribution is -2.19. The first kappa shape index (κ1) is 10.5. The molecular formula is C15H17NO. The highest BCUT2D eigenvalue weighted by molar-refractivity contribution is 5.85. The van der Waals surface area contributed by atoms with Crippen LogP contribution in [0.3, 0.4) is 0 Å². The monoisotopic (exact) mass is 227 g/mol. The van der Waals surface area contributed by atoms with Crippen molar-refractivity contribution in [2.45, 2.75) is 32.2 Å². The van der Waals surface area contributed by atoms with E-state index in [1.54, 1.807) is 0 Å². The largest absolute Gasteiger partial charge is 0.511 e. The summed E-state index contributed by atoms with van der Waals surface area (Å²) in [6.45, 7) is 5.91. The Morgan fingerprint density at radius 3 is 2.94 bits per heavy atom.